The third kappa shape index (κ3) is 6.00. The van der Waals surface area contributed by atoms with Crippen molar-refractivity contribution in [3.63, 3.8) is 0 Å². The average Bonchev–Trinajstić information content (AvgIpc) is 3.37. The van der Waals surface area contributed by atoms with Gasteiger partial charge < -0.3 is 10.2 Å². The molecule has 190 valence electrons. The minimum atomic E-state index is -2.91. The van der Waals surface area contributed by atoms with Gasteiger partial charge in [-0.05, 0) is 74.9 Å². The second-order valence-electron chi connectivity index (χ2n) is 9.78. The normalized spacial score (nSPS) is 19.2. The molecule has 9 nitrogen and oxygen atoms in total. The predicted octanol–water partition coefficient (Wildman–Crippen LogP) is 2.76. The van der Waals surface area contributed by atoms with E-state index in [1.54, 1.807) is 6.07 Å². The van der Waals surface area contributed by atoms with E-state index in [2.05, 4.69) is 32.4 Å². The van der Waals surface area contributed by atoms with Crippen LogP contribution >= 0.6 is 0 Å². The Kier molecular flexibility index (Phi) is 7.17. The number of piperidine rings is 1. The number of hydrogen-bond donors (Lipinski definition) is 2. The molecule has 0 spiro atoms. The molecular weight excluding hydrogens is 476 g/mol. The maximum absolute atomic E-state index is 12.9. The summed E-state index contributed by atoms with van der Waals surface area (Å²) in [7, 11) is -0.764. The summed E-state index contributed by atoms with van der Waals surface area (Å²) >= 11 is 0. The minimum absolute atomic E-state index is 0.187. The zero-order valence-electron chi connectivity index (χ0n) is 20.5. The van der Waals surface area contributed by atoms with Crippen LogP contribution in [0.2, 0.25) is 0 Å². The van der Waals surface area contributed by atoms with E-state index >= 15 is 0 Å². The van der Waals surface area contributed by atoms with Crippen molar-refractivity contribution in [2.75, 3.05) is 50.0 Å². The first-order chi connectivity index (χ1) is 17.3. The molecule has 0 unspecified atom stereocenters. The number of nitrogens with one attached hydrogen (secondary N) is 2. The Morgan fingerprint density at radius 1 is 1.06 bits per heavy atom. The van der Waals surface area contributed by atoms with E-state index in [1.165, 1.54) is 0 Å². The second-order valence-corrected chi connectivity index (χ2v) is 12.1. The van der Waals surface area contributed by atoms with Crippen molar-refractivity contribution >= 4 is 21.4 Å². The Morgan fingerprint density at radius 2 is 1.78 bits per heavy atom. The zero-order chi connectivity index (χ0) is 25.1. The van der Waals surface area contributed by atoms with E-state index in [0.29, 0.717) is 42.6 Å². The fraction of sp³-hybridized carbons (Fsp3) is 0.423. The molecule has 1 amide bonds. The van der Waals surface area contributed by atoms with Crippen LogP contribution in [-0.4, -0.2) is 84.0 Å². The molecule has 0 radical (unpaired) electrons. The first-order valence-corrected chi connectivity index (χ1v) is 14.2. The molecule has 2 N–H and O–H groups in total. The van der Waals surface area contributed by atoms with Crippen LogP contribution in [0.4, 0.5) is 5.69 Å². The lowest BCUT2D eigenvalue weighted by molar-refractivity contribution is 0.102. The molecule has 2 fully saturated rings. The molecule has 0 aliphatic carbocycles. The fourth-order valence-electron chi connectivity index (χ4n) is 4.75. The van der Waals surface area contributed by atoms with Gasteiger partial charge in [0.2, 0.25) is 0 Å². The SMILES string of the molecule is CN1CCC(c2nc(-c3ccc(NC(=O)c4cccc(CN5CCS(=O)(=O)CC5)c4)cc3)n[nH]2)CC1. The van der Waals surface area contributed by atoms with Crippen molar-refractivity contribution in [1.82, 2.24) is 25.0 Å². The highest BCUT2D eigenvalue weighted by Gasteiger charge is 2.23. The van der Waals surface area contributed by atoms with E-state index in [9.17, 15) is 13.2 Å². The van der Waals surface area contributed by atoms with E-state index in [-0.39, 0.29) is 17.4 Å². The monoisotopic (exact) mass is 508 g/mol. The quantitative estimate of drug-likeness (QED) is 0.527. The average molecular weight is 509 g/mol. The standard InChI is InChI=1S/C26H32N6O3S/c1-31-11-9-21(10-12-31)25-28-24(29-30-25)20-5-7-23(8-6-20)27-26(33)22-4-2-3-19(17-22)18-32-13-15-36(34,35)16-14-32/h2-8,17,21H,9-16,18H2,1H3,(H,27,33)(H,28,29,30). The number of benzene rings is 2. The number of aromatic amines is 1. The summed E-state index contributed by atoms with van der Waals surface area (Å²) in [5.41, 5.74) is 3.15. The van der Waals surface area contributed by atoms with Crippen LogP contribution < -0.4 is 5.32 Å². The van der Waals surface area contributed by atoms with Gasteiger partial charge in [0.15, 0.2) is 15.7 Å². The highest BCUT2D eigenvalue weighted by molar-refractivity contribution is 7.91. The molecule has 2 aliphatic rings. The number of carbonyl (C=O) groups is 1. The van der Waals surface area contributed by atoms with Crippen LogP contribution in [0.5, 0.6) is 0 Å². The molecule has 10 heteroatoms. The molecular formula is C26H32N6O3S. The number of aromatic nitrogens is 3. The topological polar surface area (TPSA) is 111 Å². The maximum atomic E-state index is 12.9. The van der Waals surface area contributed by atoms with Crippen molar-refractivity contribution in [2.45, 2.75) is 25.3 Å². The number of likely N-dealkylation sites (tertiary alicyclic amines) is 1. The molecule has 3 heterocycles. The first-order valence-electron chi connectivity index (χ1n) is 12.4. The van der Waals surface area contributed by atoms with Crippen LogP contribution in [0.3, 0.4) is 0 Å². The highest BCUT2D eigenvalue weighted by atomic mass is 32.2. The number of hydrogen-bond acceptors (Lipinski definition) is 7. The summed E-state index contributed by atoms with van der Waals surface area (Å²) in [6.45, 7) is 3.81. The lowest BCUT2D eigenvalue weighted by Crippen LogP contribution is -2.39. The van der Waals surface area contributed by atoms with Crippen molar-refractivity contribution in [3.05, 3.63) is 65.5 Å². The van der Waals surface area contributed by atoms with Gasteiger partial charge in [-0.25, -0.2) is 13.4 Å². The second kappa shape index (κ2) is 10.5. The minimum Gasteiger partial charge on any atom is -0.322 e. The number of sulfone groups is 1. The van der Waals surface area contributed by atoms with Gasteiger partial charge in [0, 0.05) is 42.4 Å². The van der Waals surface area contributed by atoms with E-state index < -0.39 is 9.84 Å². The van der Waals surface area contributed by atoms with Gasteiger partial charge in [0.1, 0.15) is 5.82 Å². The smallest absolute Gasteiger partial charge is 0.255 e. The van der Waals surface area contributed by atoms with Gasteiger partial charge in [-0.15, -0.1) is 0 Å². The van der Waals surface area contributed by atoms with Crippen molar-refractivity contribution in [1.29, 1.82) is 0 Å². The molecule has 0 saturated carbocycles. The lowest BCUT2D eigenvalue weighted by atomic mass is 9.96. The Morgan fingerprint density at radius 3 is 2.50 bits per heavy atom. The van der Waals surface area contributed by atoms with Crippen LogP contribution in [0.25, 0.3) is 11.4 Å². The van der Waals surface area contributed by atoms with Gasteiger partial charge in [-0.1, -0.05) is 12.1 Å². The van der Waals surface area contributed by atoms with Gasteiger partial charge in [-0.2, -0.15) is 5.10 Å². The van der Waals surface area contributed by atoms with Crippen LogP contribution in [0.15, 0.2) is 48.5 Å². The number of rotatable bonds is 6. The Balaban J connectivity index is 1.19. The molecule has 5 rings (SSSR count). The van der Waals surface area contributed by atoms with Gasteiger partial charge >= 0.3 is 0 Å². The van der Waals surface area contributed by atoms with Crippen molar-refractivity contribution < 1.29 is 13.2 Å². The summed E-state index contributed by atoms with van der Waals surface area (Å²) in [6, 6.07) is 15.0. The summed E-state index contributed by atoms with van der Waals surface area (Å²) < 4.78 is 23.3. The summed E-state index contributed by atoms with van der Waals surface area (Å²) in [4.78, 5) is 22.0. The van der Waals surface area contributed by atoms with Crippen LogP contribution in [0, 0.1) is 0 Å². The molecule has 36 heavy (non-hydrogen) atoms. The highest BCUT2D eigenvalue weighted by Crippen LogP contribution is 2.27. The largest absolute Gasteiger partial charge is 0.322 e. The maximum Gasteiger partial charge on any atom is 0.255 e. The summed E-state index contributed by atoms with van der Waals surface area (Å²) in [6.07, 6.45) is 2.16. The predicted molar refractivity (Wildman–Crippen MR) is 140 cm³/mol. The van der Waals surface area contributed by atoms with Gasteiger partial charge in [0.25, 0.3) is 5.91 Å². The number of anilines is 1. The Bertz CT molecular complexity index is 1300. The van der Waals surface area contributed by atoms with Crippen LogP contribution in [0.1, 0.15) is 40.5 Å². The van der Waals surface area contributed by atoms with Crippen molar-refractivity contribution in [3.8, 4) is 11.4 Å². The Labute approximate surface area is 211 Å². The fourth-order valence-corrected chi connectivity index (χ4v) is 6.03. The third-order valence-corrected chi connectivity index (χ3v) is 8.65. The molecule has 2 saturated heterocycles. The van der Waals surface area contributed by atoms with E-state index in [1.807, 2.05) is 42.5 Å². The first kappa shape index (κ1) is 24.6. The number of carbonyl (C=O) groups excluding carboxylic acids is 1. The molecule has 0 bridgehead atoms. The number of nitrogens with zero attached hydrogens (tertiary/aromatic N) is 4. The zero-order valence-corrected chi connectivity index (χ0v) is 21.3. The Hall–Kier alpha value is -3.08. The molecule has 2 aromatic carbocycles. The molecule has 2 aliphatic heterocycles. The molecule has 0 atom stereocenters. The van der Waals surface area contributed by atoms with Gasteiger partial charge in [-0.3, -0.25) is 14.8 Å². The van der Waals surface area contributed by atoms with Gasteiger partial charge in [0.05, 0.1) is 11.5 Å². The van der Waals surface area contributed by atoms with E-state index in [4.69, 9.17) is 4.98 Å². The third-order valence-electron chi connectivity index (χ3n) is 7.04. The molecule has 3 aromatic rings. The van der Waals surface area contributed by atoms with Crippen molar-refractivity contribution in [2.24, 2.45) is 0 Å². The van der Waals surface area contributed by atoms with Crippen LogP contribution in [-0.2, 0) is 16.4 Å². The lowest BCUT2D eigenvalue weighted by Gasteiger charge is -2.27. The summed E-state index contributed by atoms with van der Waals surface area (Å²) in [5.74, 6) is 2.22. The summed E-state index contributed by atoms with van der Waals surface area (Å²) in [5, 5.41) is 10.5. The number of amides is 1. The molecule has 1 aromatic heterocycles. The van der Waals surface area contributed by atoms with E-state index in [0.717, 1.165) is 42.9 Å². The number of H-pyrrole nitrogens is 1.